The SMILES string of the molecule is CC(Cc1cccc2c(=O)[nH][nH]c12)C(=O)O. The Morgan fingerprint density at radius 2 is 2.19 bits per heavy atom. The van der Waals surface area contributed by atoms with Gasteiger partial charge in [-0.15, -0.1) is 0 Å². The normalized spacial score (nSPS) is 12.8. The van der Waals surface area contributed by atoms with Crippen LogP contribution in [0.25, 0.3) is 10.9 Å². The summed E-state index contributed by atoms with van der Waals surface area (Å²) in [6, 6.07) is 5.29. The molecule has 1 aromatic carbocycles. The molecule has 0 saturated carbocycles. The van der Waals surface area contributed by atoms with Crippen LogP contribution >= 0.6 is 0 Å². The Bertz CT molecular complexity index is 582. The van der Waals surface area contributed by atoms with Gasteiger partial charge in [0.15, 0.2) is 0 Å². The van der Waals surface area contributed by atoms with Gasteiger partial charge in [0.05, 0.1) is 16.8 Å². The van der Waals surface area contributed by atoms with Gasteiger partial charge in [0.1, 0.15) is 0 Å². The molecule has 0 fully saturated rings. The zero-order valence-electron chi connectivity index (χ0n) is 8.78. The minimum atomic E-state index is -0.838. The number of carboxylic acids is 1. The van der Waals surface area contributed by atoms with Gasteiger partial charge in [-0.1, -0.05) is 19.1 Å². The first-order valence-electron chi connectivity index (χ1n) is 5.00. The Kier molecular flexibility index (Phi) is 2.52. The smallest absolute Gasteiger partial charge is 0.306 e. The molecule has 16 heavy (non-hydrogen) atoms. The highest BCUT2D eigenvalue weighted by molar-refractivity contribution is 5.81. The molecule has 1 aromatic heterocycles. The van der Waals surface area contributed by atoms with Gasteiger partial charge in [0, 0.05) is 0 Å². The predicted molar refractivity (Wildman–Crippen MR) is 59.4 cm³/mol. The first kappa shape index (κ1) is 10.5. The fourth-order valence-electron chi connectivity index (χ4n) is 1.71. The van der Waals surface area contributed by atoms with Crippen molar-refractivity contribution in [2.75, 3.05) is 0 Å². The van der Waals surface area contributed by atoms with E-state index >= 15 is 0 Å². The minimum absolute atomic E-state index is 0.181. The number of benzene rings is 1. The third kappa shape index (κ3) is 1.71. The van der Waals surface area contributed by atoms with Crippen LogP contribution in [0.3, 0.4) is 0 Å². The first-order valence-corrected chi connectivity index (χ1v) is 5.00. The van der Waals surface area contributed by atoms with E-state index < -0.39 is 11.9 Å². The zero-order chi connectivity index (χ0) is 11.7. The fourth-order valence-corrected chi connectivity index (χ4v) is 1.71. The highest BCUT2D eigenvalue weighted by Gasteiger charge is 2.14. The van der Waals surface area contributed by atoms with Gasteiger partial charge >= 0.3 is 5.97 Å². The molecule has 0 aliphatic carbocycles. The number of rotatable bonds is 3. The predicted octanol–water partition coefficient (Wildman–Crippen LogP) is 1.12. The number of hydrogen-bond donors (Lipinski definition) is 3. The summed E-state index contributed by atoms with van der Waals surface area (Å²) in [6.45, 7) is 1.64. The van der Waals surface area contributed by atoms with Crippen molar-refractivity contribution < 1.29 is 9.90 Å². The number of nitrogens with one attached hydrogen (secondary N) is 2. The number of H-pyrrole nitrogens is 2. The molecule has 84 valence electrons. The summed E-state index contributed by atoms with van der Waals surface area (Å²) in [7, 11) is 0. The van der Waals surface area contributed by atoms with Crippen molar-refractivity contribution in [2.24, 2.45) is 5.92 Å². The third-order valence-corrected chi connectivity index (χ3v) is 2.64. The second-order valence-electron chi connectivity index (χ2n) is 3.86. The van der Waals surface area contributed by atoms with E-state index in [1.165, 1.54) is 0 Å². The van der Waals surface area contributed by atoms with Gasteiger partial charge in [-0.2, -0.15) is 0 Å². The van der Waals surface area contributed by atoms with Crippen LogP contribution < -0.4 is 5.56 Å². The zero-order valence-corrected chi connectivity index (χ0v) is 8.78. The van der Waals surface area contributed by atoms with Crippen molar-refractivity contribution in [3.8, 4) is 0 Å². The van der Waals surface area contributed by atoms with Crippen LogP contribution in [0.2, 0.25) is 0 Å². The molecule has 2 rings (SSSR count). The van der Waals surface area contributed by atoms with Crippen molar-refractivity contribution in [3.63, 3.8) is 0 Å². The lowest BCUT2D eigenvalue weighted by molar-refractivity contribution is -0.141. The summed E-state index contributed by atoms with van der Waals surface area (Å²) < 4.78 is 0. The minimum Gasteiger partial charge on any atom is -0.481 e. The Balaban J connectivity index is 2.45. The molecule has 1 heterocycles. The summed E-state index contributed by atoms with van der Waals surface area (Å²) in [5, 5.41) is 14.7. The van der Waals surface area contributed by atoms with Gasteiger partial charge < -0.3 is 5.11 Å². The van der Waals surface area contributed by atoms with Crippen LogP contribution in [0, 0.1) is 5.92 Å². The topological polar surface area (TPSA) is 86.0 Å². The van der Waals surface area contributed by atoms with E-state index in [0.717, 1.165) is 5.56 Å². The molecule has 1 unspecified atom stereocenters. The average molecular weight is 220 g/mol. The first-order chi connectivity index (χ1) is 7.59. The molecule has 3 N–H and O–H groups in total. The van der Waals surface area contributed by atoms with E-state index in [-0.39, 0.29) is 5.56 Å². The van der Waals surface area contributed by atoms with Crippen LogP contribution in [-0.2, 0) is 11.2 Å². The number of aromatic amines is 2. The largest absolute Gasteiger partial charge is 0.481 e. The monoisotopic (exact) mass is 220 g/mol. The molecule has 0 aliphatic heterocycles. The number of para-hydroxylation sites is 1. The summed E-state index contributed by atoms with van der Waals surface area (Å²) in [5.41, 5.74) is 1.35. The number of fused-ring (bicyclic) bond motifs is 1. The highest BCUT2D eigenvalue weighted by Crippen LogP contribution is 2.16. The molecule has 0 spiro atoms. The van der Waals surface area contributed by atoms with Crippen molar-refractivity contribution >= 4 is 16.9 Å². The van der Waals surface area contributed by atoms with Crippen LogP contribution in [0.15, 0.2) is 23.0 Å². The van der Waals surface area contributed by atoms with Crippen molar-refractivity contribution in [3.05, 3.63) is 34.1 Å². The lowest BCUT2D eigenvalue weighted by Crippen LogP contribution is -2.12. The number of aliphatic carboxylic acids is 1. The highest BCUT2D eigenvalue weighted by atomic mass is 16.4. The molecule has 5 nitrogen and oxygen atoms in total. The van der Waals surface area contributed by atoms with E-state index in [2.05, 4.69) is 10.2 Å². The maximum absolute atomic E-state index is 11.3. The Labute approximate surface area is 91.1 Å². The van der Waals surface area contributed by atoms with Gasteiger partial charge in [-0.25, -0.2) is 0 Å². The van der Waals surface area contributed by atoms with Gasteiger partial charge in [-0.05, 0) is 18.1 Å². The van der Waals surface area contributed by atoms with Crippen LogP contribution in [-0.4, -0.2) is 21.3 Å². The quantitative estimate of drug-likeness (QED) is 0.724. The molecule has 0 amide bonds. The molecular formula is C11H12N2O3. The number of aromatic nitrogens is 2. The molecular weight excluding hydrogens is 208 g/mol. The Hall–Kier alpha value is -2.04. The molecule has 0 aliphatic rings. The van der Waals surface area contributed by atoms with Crippen molar-refractivity contribution in [2.45, 2.75) is 13.3 Å². The molecule has 0 saturated heterocycles. The van der Waals surface area contributed by atoms with E-state index in [4.69, 9.17) is 5.11 Å². The maximum Gasteiger partial charge on any atom is 0.306 e. The van der Waals surface area contributed by atoms with E-state index in [1.807, 2.05) is 6.07 Å². The molecule has 0 bridgehead atoms. The Morgan fingerprint density at radius 1 is 1.44 bits per heavy atom. The molecule has 0 radical (unpaired) electrons. The van der Waals surface area contributed by atoms with E-state index in [1.54, 1.807) is 19.1 Å². The second-order valence-corrected chi connectivity index (χ2v) is 3.86. The van der Waals surface area contributed by atoms with Crippen LogP contribution in [0.4, 0.5) is 0 Å². The van der Waals surface area contributed by atoms with Gasteiger partial charge in [0.25, 0.3) is 5.56 Å². The van der Waals surface area contributed by atoms with Crippen LogP contribution in [0.1, 0.15) is 12.5 Å². The lowest BCUT2D eigenvalue weighted by atomic mass is 9.99. The summed E-state index contributed by atoms with van der Waals surface area (Å²) >= 11 is 0. The standard InChI is InChI=1S/C11H12N2O3/c1-6(11(15)16)5-7-3-2-4-8-9(7)12-13-10(8)14/h2-4,6H,5H2,1H3,(H,15,16)(H2,12,13,14). The number of carbonyl (C=O) groups is 1. The summed E-state index contributed by atoms with van der Waals surface area (Å²) in [4.78, 5) is 22.1. The summed E-state index contributed by atoms with van der Waals surface area (Å²) in [6.07, 6.45) is 0.403. The van der Waals surface area contributed by atoms with Crippen molar-refractivity contribution in [1.29, 1.82) is 0 Å². The molecule has 5 heteroatoms. The van der Waals surface area contributed by atoms with E-state index in [9.17, 15) is 9.59 Å². The van der Waals surface area contributed by atoms with Gasteiger partial charge in [0.2, 0.25) is 0 Å². The molecule has 2 aromatic rings. The van der Waals surface area contributed by atoms with Gasteiger partial charge in [-0.3, -0.25) is 19.8 Å². The maximum atomic E-state index is 11.3. The second kappa shape index (κ2) is 3.84. The number of carboxylic acid groups (broad SMARTS) is 1. The fraction of sp³-hybridized carbons (Fsp3) is 0.273. The molecule has 1 atom stereocenters. The summed E-state index contributed by atoms with van der Waals surface area (Å²) in [5.74, 6) is -1.31. The number of hydrogen-bond acceptors (Lipinski definition) is 2. The van der Waals surface area contributed by atoms with Crippen molar-refractivity contribution in [1.82, 2.24) is 10.2 Å². The average Bonchev–Trinajstić information content (AvgIpc) is 2.62. The Morgan fingerprint density at radius 3 is 2.88 bits per heavy atom. The van der Waals surface area contributed by atoms with Crippen LogP contribution in [0.5, 0.6) is 0 Å². The third-order valence-electron chi connectivity index (χ3n) is 2.64. The lowest BCUT2D eigenvalue weighted by Gasteiger charge is -2.06. The van der Waals surface area contributed by atoms with E-state index in [0.29, 0.717) is 17.3 Å².